The van der Waals surface area contributed by atoms with Gasteiger partial charge in [0, 0.05) is 36.8 Å². The molecule has 0 spiro atoms. The van der Waals surface area contributed by atoms with Crippen molar-refractivity contribution in [3.63, 3.8) is 0 Å². The van der Waals surface area contributed by atoms with Gasteiger partial charge in [0.1, 0.15) is 4.53 Å². The van der Waals surface area contributed by atoms with Gasteiger partial charge in [-0.15, -0.1) is 0 Å². The first-order chi connectivity index (χ1) is 19.7. The fourth-order valence-electron chi connectivity index (χ4n) is 6.54. The Morgan fingerprint density at radius 2 is 1.41 bits per heavy atom. The number of fused-ring (bicyclic) bond motifs is 3. The minimum absolute atomic E-state index is 0.0864. The minimum Gasteiger partial charge on any atom is -0.305 e. The highest BCUT2D eigenvalue weighted by atomic mass is 32.1. The topological polar surface area (TPSA) is 90.2 Å². The van der Waals surface area contributed by atoms with Crippen LogP contribution in [0.3, 0.4) is 0 Å². The molecular weight excluding hydrogens is 536 g/mol. The summed E-state index contributed by atoms with van der Waals surface area (Å²) >= 11 is 1.16. The van der Waals surface area contributed by atoms with Gasteiger partial charge in [0.05, 0.1) is 11.3 Å². The normalized spacial score (nSPS) is 24.3. The van der Waals surface area contributed by atoms with Crippen LogP contribution in [0, 0.1) is 0 Å². The summed E-state index contributed by atoms with van der Waals surface area (Å²) in [6.07, 6.45) is 0. The Bertz CT molecular complexity index is 1920. The molecule has 3 aliphatic rings. The molecule has 1 fully saturated rings. The first-order valence-corrected chi connectivity index (χ1v) is 14.3. The van der Waals surface area contributed by atoms with Crippen molar-refractivity contribution in [3.8, 4) is 0 Å². The molecule has 3 aliphatic heterocycles. The van der Waals surface area contributed by atoms with Crippen LogP contribution >= 0.6 is 11.3 Å². The van der Waals surface area contributed by atoms with Crippen molar-refractivity contribution in [2.75, 3.05) is 24.4 Å². The standard InChI is InChI=1S/C31H28N6O3S/c1-19(2)36-23-18-12-11-17-22(23)24(26(36)38)25-27(39)37-28(41-25)32-30(20-13-7-5-8-14-20)31(33-37,21-15-9-6-10-16-21)35(4)29(40)34(30)3/h5-19,33H,1-4H3/b25-24-. The number of likely N-dealkylation sites (N-methyl/N-ethyl adjacent to an activating group) is 2. The lowest BCUT2D eigenvalue weighted by atomic mass is 9.80. The van der Waals surface area contributed by atoms with E-state index in [0.717, 1.165) is 33.7 Å². The second kappa shape index (κ2) is 8.65. The number of hydrogen-bond acceptors (Lipinski definition) is 6. The molecule has 1 saturated heterocycles. The number of benzene rings is 3. The lowest BCUT2D eigenvalue weighted by Gasteiger charge is -2.49. The molecule has 1 aromatic heterocycles. The van der Waals surface area contributed by atoms with Crippen LogP contribution in [-0.4, -0.2) is 46.6 Å². The van der Waals surface area contributed by atoms with E-state index < -0.39 is 11.3 Å². The predicted octanol–water partition coefficient (Wildman–Crippen LogP) is 2.74. The summed E-state index contributed by atoms with van der Waals surface area (Å²) in [6.45, 7) is 3.91. The van der Waals surface area contributed by atoms with Crippen molar-refractivity contribution in [2.24, 2.45) is 4.99 Å². The molecule has 7 rings (SSSR count). The van der Waals surface area contributed by atoms with Crippen LogP contribution in [0.25, 0.3) is 5.57 Å². The van der Waals surface area contributed by atoms with E-state index in [1.54, 1.807) is 28.8 Å². The van der Waals surface area contributed by atoms with Gasteiger partial charge in [-0.25, -0.2) is 9.79 Å². The summed E-state index contributed by atoms with van der Waals surface area (Å²) in [5.74, 6) is -0.211. The van der Waals surface area contributed by atoms with Gasteiger partial charge in [-0.3, -0.25) is 24.8 Å². The van der Waals surface area contributed by atoms with Gasteiger partial charge in [0.2, 0.25) is 16.1 Å². The molecule has 0 saturated carbocycles. The van der Waals surface area contributed by atoms with E-state index in [9.17, 15) is 14.4 Å². The first kappa shape index (κ1) is 25.3. The Labute approximate surface area is 240 Å². The van der Waals surface area contributed by atoms with Crippen LogP contribution in [0.4, 0.5) is 10.5 Å². The van der Waals surface area contributed by atoms with Gasteiger partial charge in [-0.2, -0.15) is 4.68 Å². The van der Waals surface area contributed by atoms with E-state index in [1.165, 1.54) is 4.68 Å². The van der Waals surface area contributed by atoms with E-state index in [2.05, 4.69) is 5.43 Å². The van der Waals surface area contributed by atoms with E-state index in [1.807, 2.05) is 98.8 Å². The fourth-order valence-corrected chi connectivity index (χ4v) is 7.60. The molecule has 4 heterocycles. The molecule has 3 amide bonds. The highest BCUT2D eigenvalue weighted by molar-refractivity contribution is 7.07. The Kier molecular flexibility index (Phi) is 5.33. The fraction of sp³-hybridized carbons (Fsp3) is 0.226. The van der Waals surface area contributed by atoms with Crippen molar-refractivity contribution < 1.29 is 9.59 Å². The largest absolute Gasteiger partial charge is 0.324 e. The van der Waals surface area contributed by atoms with Crippen LogP contribution in [0.5, 0.6) is 0 Å². The maximum absolute atomic E-state index is 14.2. The second-order valence-corrected chi connectivity index (χ2v) is 11.7. The molecular formula is C31H28N6O3S. The molecule has 2 unspecified atom stereocenters. The quantitative estimate of drug-likeness (QED) is 0.415. The molecule has 1 N–H and O–H groups in total. The Hall–Kier alpha value is -4.70. The smallest absolute Gasteiger partial charge is 0.305 e. The molecule has 0 bridgehead atoms. The number of rotatable bonds is 3. The number of amides is 3. The summed E-state index contributed by atoms with van der Waals surface area (Å²) in [7, 11) is 3.45. The summed E-state index contributed by atoms with van der Waals surface area (Å²) in [4.78, 5) is 52.4. The highest BCUT2D eigenvalue weighted by Crippen LogP contribution is 2.53. The summed E-state index contributed by atoms with van der Waals surface area (Å²) in [5.41, 5.74) is 3.97. The van der Waals surface area contributed by atoms with Crippen LogP contribution in [0.15, 0.2) is 94.7 Å². The molecule has 41 heavy (non-hydrogen) atoms. The third-order valence-electron chi connectivity index (χ3n) is 8.36. The molecule has 9 nitrogen and oxygen atoms in total. The number of hydrogen-bond donors (Lipinski definition) is 1. The third-order valence-corrected chi connectivity index (χ3v) is 9.40. The van der Waals surface area contributed by atoms with Crippen molar-refractivity contribution in [2.45, 2.75) is 31.2 Å². The SMILES string of the molecule is CC(C)N1C(=O)/C(=c2\sc3n(c2=O)NC2(c4ccccc4)N(C)C(=O)N(C)C2(c2ccccc2)N=3)c2ccccc21. The highest BCUT2D eigenvalue weighted by Gasteiger charge is 2.69. The van der Waals surface area contributed by atoms with E-state index >= 15 is 0 Å². The van der Waals surface area contributed by atoms with Gasteiger partial charge in [0.15, 0.2) is 0 Å². The molecule has 0 aliphatic carbocycles. The number of carbonyl (C=O) groups is 2. The third kappa shape index (κ3) is 3.05. The van der Waals surface area contributed by atoms with Crippen LogP contribution in [-0.2, 0) is 16.1 Å². The predicted molar refractivity (Wildman–Crippen MR) is 157 cm³/mol. The zero-order valence-electron chi connectivity index (χ0n) is 23.0. The van der Waals surface area contributed by atoms with Gasteiger partial charge in [-0.05, 0) is 19.9 Å². The van der Waals surface area contributed by atoms with Crippen molar-refractivity contribution >= 4 is 34.5 Å². The summed E-state index contributed by atoms with van der Waals surface area (Å²) < 4.78 is 1.71. The van der Waals surface area contributed by atoms with Gasteiger partial charge in [0.25, 0.3) is 11.5 Å². The van der Waals surface area contributed by atoms with E-state index in [0.29, 0.717) is 14.9 Å². The lowest BCUT2D eigenvalue weighted by molar-refractivity contribution is -0.113. The van der Waals surface area contributed by atoms with Crippen LogP contribution < -0.4 is 25.2 Å². The zero-order valence-corrected chi connectivity index (χ0v) is 23.8. The summed E-state index contributed by atoms with van der Waals surface area (Å²) in [6, 6.07) is 26.4. The Balaban J connectivity index is 1.60. The number of aromatic nitrogens is 1. The average molecular weight is 565 g/mol. The monoisotopic (exact) mass is 564 g/mol. The second-order valence-electron chi connectivity index (χ2n) is 10.8. The Morgan fingerprint density at radius 1 is 0.805 bits per heavy atom. The summed E-state index contributed by atoms with van der Waals surface area (Å²) in [5, 5.41) is 0. The Morgan fingerprint density at radius 3 is 2.07 bits per heavy atom. The van der Waals surface area contributed by atoms with Crippen LogP contribution in [0.1, 0.15) is 30.5 Å². The molecule has 10 heteroatoms. The lowest BCUT2D eigenvalue weighted by Crippen LogP contribution is -2.67. The molecule has 2 atom stereocenters. The average Bonchev–Trinajstić information content (AvgIpc) is 3.52. The van der Waals surface area contributed by atoms with Crippen molar-refractivity contribution in [1.29, 1.82) is 0 Å². The number of nitrogens with zero attached hydrogens (tertiary/aromatic N) is 5. The van der Waals surface area contributed by atoms with Crippen LogP contribution in [0.2, 0.25) is 0 Å². The first-order valence-electron chi connectivity index (χ1n) is 13.4. The van der Waals surface area contributed by atoms with Crippen molar-refractivity contribution in [1.82, 2.24) is 14.5 Å². The van der Waals surface area contributed by atoms with Gasteiger partial charge >= 0.3 is 6.03 Å². The molecule has 0 radical (unpaired) electrons. The number of anilines is 1. The van der Waals surface area contributed by atoms with E-state index in [4.69, 9.17) is 4.99 Å². The van der Waals surface area contributed by atoms with Gasteiger partial charge in [-0.1, -0.05) is 90.2 Å². The molecule has 3 aromatic carbocycles. The maximum atomic E-state index is 14.2. The van der Waals surface area contributed by atoms with Crippen molar-refractivity contribution in [3.05, 3.63) is 121 Å². The van der Waals surface area contributed by atoms with E-state index in [-0.39, 0.29) is 23.5 Å². The number of nitrogens with one attached hydrogen (secondary N) is 1. The number of para-hydroxylation sites is 1. The molecule has 4 aromatic rings. The maximum Gasteiger partial charge on any atom is 0.324 e. The number of thiazole rings is 1. The zero-order chi connectivity index (χ0) is 28.7. The molecule has 206 valence electrons. The minimum atomic E-state index is -1.27. The number of urea groups is 1. The number of carbonyl (C=O) groups excluding carboxylic acids is 2. The van der Waals surface area contributed by atoms with Gasteiger partial charge < -0.3 is 4.90 Å².